The Kier molecular flexibility index (Phi) is 5.26. The average molecular weight is 353 g/mol. The molecule has 126 valence electrons. The van der Waals surface area contributed by atoms with Crippen molar-refractivity contribution in [3.63, 3.8) is 0 Å². The number of anilines is 2. The Hall–Kier alpha value is -2.92. The van der Waals surface area contributed by atoms with Crippen LogP contribution < -0.4 is 10.6 Å². The number of halogens is 1. The van der Waals surface area contributed by atoms with Gasteiger partial charge in [-0.25, -0.2) is 9.97 Å². The lowest BCUT2D eigenvalue weighted by atomic mass is 10.1. The molecule has 2 N–H and O–H groups in total. The summed E-state index contributed by atoms with van der Waals surface area (Å²) in [4.78, 5) is 20.5. The second kappa shape index (κ2) is 7.77. The molecule has 0 aliphatic carbocycles. The lowest BCUT2D eigenvalue weighted by molar-refractivity contribution is 0.0950. The number of carbonyl (C=O) groups is 1. The summed E-state index contributed by atoms with van der Waals surface area (Å²) < 4.78 is 0. The predicted octanol–water partition coefficient (Wildman–Crippen LogP) is 4.11. The van der Waals surface area contributed by atoms with Crippen LogP contribution in [0.25, 0.3) is 0 Å². The number of aryl methyl sites for hydroxylation is 1. The molecule has 0 unspecified atom stereocenters. The highest BCUT2D eigenvalue weighted by Crippen LogP contribution is 2.17. The van der Waals surface area contributed by atoms with E-state index in [1.807, 2.05) is 43.3 Å². The number of nitrogens with one attached hydrogen (secondary N) is 2. The van der Waals surface area contributed by atoms with Crippen molar-refractivity contribution in [3.05, 3.63) is 82.6 Å². The monoisotopic (exact) mass is 352 g/mol. The largest absolute Gasteiger partial charge is 0.348 e. The predicted molar refractivity (Wildman–Crippen MR) is 99.1 cm³/mol. The minimum atomic E-state index is -0.212. The highest BCUT2D eigenvalue weighted by atomic mass is 35.5. The van der Waals surface area contributed by atoms with Gasteiger partial charge in [-0.05, 0) is 30.7 Å². The second-order valence-electron chi connectivity index (χ2n) is 5.60. The molecule has 0 radical (unpaired) electrons. The lowest BCUT2D eigenvalue weighted by Crippen LogP contribution is -2.23. The van der Waals surface area contributed by atoms with Crippen LogP contribution >= 0.6 is 11.6 Å². The molecule has 0 atom stereocenters. The van der Waals surface area contributed by atoms with E-state index in [9.17, 15) is 4.79 Å². The molecule has 0 saturated carbocycles. The zero-order valence-corrected chi connectivity index (χ0v) is 14.4. The third-order valence-corrected chi connectivity index (χ3v) is 3.77. The molecule has 1 amide bonds. The first-order valence-corrected chi connectivity index (χ1v) is 8.16. The molecule has 0 aliphatic heterocycles. The Morgan fingerprint density at radius 2 is 1.84 bits per heavy atom. The Morgan fingerprint density at radius 1 is 1.08 bits per heavy atom. The summed E-state index contributed by atoms with van der Waals surface area (Å²) in [5, 5.41) is 6.52. The van der Waals surface area contributed by atoms with Crippen LogP contribution in [0.3, 0.4) is 0 Å². The first-order chi connectivity index (χ1) is 12.1. The molecule has 5 nitrogen and oxygen atoms in total. The number of rotatable bonds is 5. The molecule has 1 heterocycles. The second-order valence-corrected chi connectivity index (χ2v) is 6.04. The summed E-state index contributed by atoms with van der Waals surface area (Å²) in [7, 11) is 0. The van der Waals surface area contributed by atoms with Crippen LogP contribution in [-0.4, -0.2) is 15.9 Å². The standard InChI is InChI=1S/C19H17ClN4O/c1-13-4-2-5-14(8-13)10-21-18(25)15-11-22-19(23-12-15)24-17-7-3-6-16(20)9-17/h2-9,11-12H,10H2,1H3,(H,21,25)(H,22,23,24). The van der Waals surface area contributed by atoms with E-state index in [0.717, 1.165) is 16.8 Å². The number of nitrogens with zero attached hydrogens (tertiary/aromatic N) is 2. The van der Waals surface area contributed by atoms with E-state index in [-0.39, 0.29) is 5.91 Å². The van der Waals surface area contributed by atoms with Gasteiger partial charge in [0.1, 0.15) is 0 Å². The zero-order chi connectivity index (χ0) is 17.6. The molecule has 3 aromatic rings. The van der Waals surface area contributed by atoms with Crippen molar-refractivity contribution in [2.24, 2.45) is 0 Å². The van der Waals surface area contributed by atoms with Crippen LogP contribution in [0.15, 0.2) is 60.9 Å². The van der Waals surface area contributed by atoms with Crippen molar-refractivity contribution in [3.8, 4) is 0 Å². The van der Waals surface area contributed by atoms with Crippen molar-refractivity contribution in [1.29, 1.82) is 0 Å². The van der Waals surface area contributed by atoms with E-state index in [2.05, 4.69) is 20.6 Å². The maximum atomic E-state index is 12.2. The van der Waals surface area contributed by atoms with Gasteiger partial charge in [0, 0.05) is 29.6 Å². The molecule has 0 spiro atoms. The van der Waals surface area contributed by atoms with Crippen molar-refractivity contribution in [2.75, 3.05) is 5.32 Å². The normalized spacial score (nSPS) is 10.3. The Bertz CT molecular complexity index is 881. The number of amides is 1. The smallest absolute Gasteiger partial charge is 0.254 e. The van der Waals surface area contributed by atoms with Gasteiger partial charge in [-0.1, -0.05) is 47.5 Å². The van der Waals surface area contributed by atoms with Crippen molar-refractivity contribution in [1.82, 2.24) is 15.3 Å². The number of hydrogen-bond donors (Lipinski definition) is 2. The molecule has 2 aromatic carbocycles. The van der Waals surface area contributed by atoms with Crippen molar-refractivity contribution >= 4 is 29.1 Å². The van der Waals surface area contributed by atoms with Crippen LogP contribution in [0, 0.1) is 6.92 Å². The Morgan fingerprint density at radius 3 is 2.56 bits per heavy atom. The summed E-state index contributed by atoms with van der Waals surface area (Å²) in [5.74, 6) is 0.188. The van der Waals surface area contributed by atoms with Crippen LogP contribution in [-0.2, 0) is 6.54 Å². The SMILES string of the molecule is Cc1cccc(CNC(=O)c2cnc(Nc3cccc(Cl)c3)nc2)c1. The number of hydrogen-bond acceptors (Lipinski definition) is 4. The van der Waals surface area contributed by atoms with Gasteiger partial charge in [-0.3, -0.25) is 4.79 Å². The number of aromatic nitrogens is 2. The first-order valence-electron chi connectivity index (χ1n) is 7.78. The Labute approximate surface area is 151 Å². The first kappa shape index (κ1) is 16.9. The van der Waals surface area contributed by atoms with E-state index in [4.69, 9.17) is 11.6 Å². The summed E-state index contributed by atoms with van der Waals surface area (Å²) >= 11 is 5.94. The van der Waals surface area contributed by atoms with Crippen molar-refractivity contribution < 1.29 is 4.79 Å². The Balaban J connectivity index is 1.60. The van der Waals surface area contributed by atoms with Gasteiger partial charge in [-0.15, -0.1) is 0 Å². The molecule has 0 aliphatic rings. The quantitative estimate of drug-likeness (QED) is 0.725. The molecule has 0 bridgehead atoms. The maximum Gasteiger partial charge on any atom is 0.254 e. The van der Waals surface area contributed by atoms with Gasteiger partial charge in [-0.2, -0.15) is 0 Å². The van der Waals surface area contributed by atoms with Gasteiger partial charge in [0.25, 0.3) is 5.91 Å². The molecule has 0 saturated heterocycles. The fourth-order valence-electron chi connectivity index (χ4n) is 2.31. The summed E-state index contributed by atoms with van der Waals surface area (Å²) in [6.45, 7) is 2.48. The van der Waals surface area contributed by atoms with Gasteiger partial charge in [0.15, 0.2) is 0 Å². The molecular weight excluding hydrogens is 336 g/mol. The fourth-order valence-corrected chi connectivity index (χ4v) is 2.50. The number of benzene rings is 2. The van der Waals surface area contributed by atoms with Crippen LogP contribution in [0.1, 0.15) is 21.5 Å². The lowest BCUT2D eigenvalue weighted by Gasteiger charge is -2.07. The van der Waals surface area contributed by atoms with E-state index >= 15 is 0 Å². The highest BCUT2D eigenvalue weighted by molar-refractivity contribution is 6.30. The summed E-state index contributed by atoms with van der Waals surface area (Å²) in [6.07, 6.45) is 2.98. The molecule has 1 aromatic heterocycles. The van der Waals surface area contributed by atoms with Gasteiger partial charge < -0.3 is 10.6 Å². The van der Waals surface area contributed by atoms with Crippen LogP contribution in [0.2, 0.25) is 5.02 Å². The van der Waals surface area contributed by atoms with Gasteiger partial charge >= 0.3 is 0 Å². The fraction of sp³-hybridized carbons (Fsp3) is 0.105. The summed E-state index contributed by atoms with van der Waals surface area (Å²) in [5.41, 5.74) is 3.40. The third-order valence-electron chi connectivity index (χ3n) is 3.53. The van der Waals surface area contributed by atoms with E-state index in [1.165, 1.54) is 12.4 Å². The van der Waals surface area contributed by atoms with Crippen LogP contribution in [0.4, 0.5) is 11.6 Å². The minimum Gasteiger partial charge on any atom is -0.348 e. The average Bonchev–Trinajstić information content (AvgIpc) is 2.60. The zero-order valence-electron chi connectivity index (χ0n) is 13.7. The molecule has 6 heteroatoms. The van der Waals surface area contributed by atoms with E-state index in [0.29, 0.717) is 23.1 Å². The molecule has 0 fully saturated rings. The van der Waals surface area contributed by atoms with Crippen molar-refractivity contribution in [2.45, 2.75) is 13.5 Å². The highest BCUT2D eigenvalue weighted by Gasteiger charge is 2.07. The molecule has 25 heavy (non-hydrogen) atoms. The topological polar surface area (TPSA) is 66.9 Å². The molecule has 3 rings (SSSR count). The summed E-state index contributed by atoms with van der Waals surface area (Å²) in [6, 6.07) is 15.2. The van der Waals surface area contributed by atoms with E-state index < -0.39 is 0 Å². The van der Waals surface area contributed by atoms with Gasteiger partial charge in [0.2, 0.25) is 5.95 Å². The third kappa shape index (κ3) is 4.78. The maximum absolute atomic E-state index is 12.2. The minimum absolute atomic E-state index is 0.212. The number of carbonyl (C=O) groups excluding carboxylic acids is 1. The van der Waals surface area contributed by atoms with Crippen LogP contribution in [0.5, 0.6) is 0 Å². The van der Waals surface area contributed by atoms with E-state index in [1.54, 1.807) is 12.1 Å². The molecular formula is C19H17ClN4O. The van der Waals surface area contributed by atoms with Gasteiger partial charge in [0.05, 0.1) is 5.56 Å².